The van der Waals surface area contributed by atoms with Crippen molar-refractivity contribution >= 4 is 21.6 Å². The van der Waals surface area contributed by atoms with Gasteiger partial charge in [-0.05, 0) is 37.0 Å². The third-order valence-electron chi connectivity index (χ3n) is 3.54. The molecule has 2 rings (SSSR count). The number of hydrogen-bond donors (Lipinski definition) is 1. The molecule has 5 heteroatoms. The Bertz CT molecular complexity index is 425. The van der Waals surface area contributed by atoms with Crippen molar-refractivity contribution in [2.45, 2.75) is 38.3 Å². The van der Waals surface area contributed by atoms with E-state index in [0.29, 0.717) is 16.1 Å². The molecule has 0 unspecified atom stereocenters. The Morgan fingerprint density at radius 3 is 2.42 bits per heavy atom. The van der Waals surface area contributed by atoms with Crippen molar-refractivity contribution in [2.24, 2.45) is 5.92 Å². The number of alkyl halides is 3. The lowest BCUT2D eigenvalue weighted by atomic mass is 9.89. The maximum atomic E-state index is 12.7. The minimum Gasteiger partial charge on any atom is -0.385 e. The number of anilines is 1. The lowest BCUT2D eigenvalue weighted by Crippen LogP contribution is -2.17. The zero-order valence-electron chi connectivity index (χ0n) is 10.6. The molecule has 0 bridgehead atoms. The first kappa shape index (κ1) is 14.7. The molecule has 0 heterocycles. The van der Waals surface area contributed by atoms with E-state index < -0.39 is 11.7 Å². The largest absolute Gasteiger partial charge is 0.416 e. The van der Waals surface area contributed by atoms with E-state index in [9.17, 15) is 13.2 Å². The first-order valence-electron chi connectivity index (χ1n) is 6.57. The van der Waals surface area contributed by atoms with E-state index in [-0.39, 0.29) is 0 Å². The number of nitrogens with one attached hydrogen (secondary N) is 1. The molecule has 0 radical (unpaired) electrons. The highest BCUT2D eigenvalue weighted by atomic mass is 79.9. The molecule has 0 saturated heterocycles. The van der Waals surface area contributed by atoms with E-state index in [4.69, 9.17) is 0 Å². The summed E-state index contributed by atoms with van der Waals surface area (Å²) in [5.74, 6) is 0.585. The fourth-order valence-electron chi connectivity index (χ4n) is 2.51. The minimum absolute atomic E-state index is 0.452. The average Bonchev–Trinajstić information content (AvgIpc) is 2.36. The van der Waals surface area contributed by atoms with Crippen LogP contribution in [0.4, 0.5) is 18.9 Å². The molecule has 0 aliphatic heterocycles. The zero-order valence-corrected chi connectivity index (χ0v) is 12.1. The van der Waals surface area contributed by atoms with Crippen molar-refractivity contribution in [1.82, 2.24) is 0 Å². The minimum atomic E-state index is -4.30. The van der Waals surface area contributed by atoms with Crippen molar-refractivity contribution in [3.8, 4) is 0 Å². The van der Waals surface area contributed by atoms with Crippen LogP contribution < -0.4 is 5.32 Å². The van der Waals surface area contributed by atoms with Crippen LogP contribution in [-0.2, 0) is 6.18 Å². The summed E-state index contributed by atoms with van der Waals surface area (Å²) in [5, 5.41) is 3.14. The number of benzene rings is 1. The van der Waals surface area contributed by atoms with Crippen LogP contribution in [0.2, 0.25) is 0 Å². The van der Waals surface area contributed by atoms with E-state index in [2.05, 4.69) is 21.2 Å². The van der Waals surface area contributed by atoms with E-state index >= 15 is 0 Å². The second kappa shape index (κ2) is 6.16. The summed E-state index contributed by atoms with van der Waals surface area (Å²) >= 11 is 3.13. The van der Waals surface area contributed by atoms with E-state index in [1.54, 1.807) is 6.07 Å². The summed E-state index contributed by atoms with van der Waals surface area (Å²) in [6.45, 7) is 0.758. The Kier molecular flexibility index (Phi) is 4.76. The highest BCUT2D eigenvalue weighted by molar-refractivity contribution is 9.10. The van der Waals surface area contributed by atoms with Gasteiger partial charge in [-0.1, -0.05) is 35.2 Å². The van der Waals surface area contributed by atoms with Crippen LogP contribution in [0.15, 0.2) is 22.7 Å². The zero-order chi connectivity index (χ0) is 13.9. The quantitative estimate of drug-likeness (QED) is 0.773. The van der Waals surface area contributed by atoms with Crippen molar-refractivity contribution in [3.63, 3.8) is 0 Å². The molecule has 106 valence electrons. The summed E-state index contributed by atoms with van der Waals surface area (Å²) in [5.41, 5.74) is -0.0831. The predicted molar refractivity (Wildman–Crippen MR) is 74.2 cm³/mol. The smallest absolute Gasteiger partial charge is 0.385 e. The first-order valence-corrected chi connectivity index (χ1v) is 7.36. The maximum Gasteiger partial charge on any atom is 0.416 e. The van der Waals surface area contributed by atoms with Gasteiger partial charge in [-0.2, -0.15) is 13.2 Å². The van der Waals surface area contributed by atoms with Gasteiger partial charge in [-0.3, -0.25) is 0 Å². The van der Waals surface area contributed by atoms with Crippen molar-refractivity contribution < 1.29 is 13.2 Å². The molecule has 0 spiro atoms. The Balaban J connectivity index is 2.01. The summed E-state index contributed by atoms with van der Waals surface area (Å²) in [6, 6.07) is 3.97. The molecule has 1 aliphatic carbocycles. The van der Waals surface area contributed by atoms with Gasteiger partial charge < -0.3 is 5.32 Å². The van der Waals surface area contributed by atoms with E-state index in [1.807, 2.05) is 0 Å². The van der Waals surface area contributed by atoms with Gasteiger partial charge >= 0.3 is 6.18 Å². The average molecular weight is 336 g/mol. The normalized spacial score (nSPS) is 17.5. The summed E-state index contributed by atoms with van der Waals surface area (Å²) in [6.07, 6.45) is 1.80. The van der Waals surface area contributed by atoms with Crippen molar-refractivity contribution in [2.75, 3.05) is 11.9 Å². The SMILES string of the molecule is FC(F)(F)c1cc(Br)cc(NCC2CCCCC2)c1. The monoisotopic (exact) mass is 335 g/mol. The standard InChI is InChI=1S/C14H17BrF3N/c15-12-6-11(14(16,17)18)7-13(8-12)19-9-10-4-2-1-3-5-10/h6-8,10,19H,1-5,9H2. The van der Waals surface area contributed by atoms with Gasteiger partial charge in [-0.25, -0.2) is 0 Å². The third-order valence-corrected chi connectivity index (χ3v) is 4.00. The van der Waals surface area contributed by atoms with E-state index in [0.717, 1.165) is 12.6 Å². The second-order valence-corrected chi connectivity index (χ2v) is 6.03. The van der Waals surface area contributed by atoms with Gasteiger partial charge in [0.25, 0.3) is 0 Å². The maximum absolute atomic E-state index is 12.7. The van der Waals surface area contributed by atoms with Crippen LogP contribution in [-0.4, -0.2) is 6.54 Å². The number of rotatable bonds is 3. The molecule has 1 saturated carbocycles. The Labute approximate surface area is 119 Å². The van der Waals surface area contributed by atoms with Crippen LogP contribution in [0, 0.1) is 5.92 Å². The van der Waals surface area contributed by atoms with Crippen molar-refractivity contribution in [3.05, 3.63) is 28.2 Å². The fourth-order valence-corrected chi connectivity index (χ4v) is 3.00. The Hall–Kier alpha value is -0.710. The van der Waals surface area contributed by atoms with Gasteiger partial charge in [-0.15, -0.1) is 0 Å². The van der Waals surface area contributed by atoms with E-state index in [1.165, 1.54) is 38.2 Å². The van der Waals surface area contributed by atoms with Gasteiger partial charge in [0, 0.05) is 16.7 Å². The van der Waals surface area contributed by atoms with Crippen LogP contribution in [0.3, 0.4) is 0 Å². The highest BCUT2D eigenvalue weighted by Crippen LogP contribution is 2.33. The fraction of sp³-hybridized carbons (Fsp3) is 0.571. The molecule has 19 heavy (non-hydrogen) atoms. The predicted octanol–water partition coefficient (Wildman–Crippen LogP) is 5.46. The summed E-state index contributed by atoms with van der Waals surface area (Å²) in [7, 11) is 0. The van der Waals surface area contributed by atoms with Gasteiger partial charge in [0.1, 0.15) is 0 Å². The molecule has 1 nitrogen and oxygen atoms in total. The van der Waals surface area contributed by atoms with Crippen LogP contribution in [0.25, 0.3) is 0 Å². The molecular formula is C14H17BrF3N. The van der Waals surface area contributed by atoms with Crippen LogP contribution in [0.1, 0.15) is 37.7 Å². The topological polar surface area (TPSA) is 12.0 Å². The lowest BCUT2D eigenvalue weighted by Gasteiger charge is -2.22. The molecule has 1 N–H and O–H groups in total. The highest BCUT2D eigenvalue weighted by Gasteiger charge is 2.31. The molecule has 1 fully saturated rings. The Morgan fingerprint density at radius 2 is 1.79 bits per heavy atom. The number of hydrogen-bond acceptors (Lipinski definition) is 1. The van der Waals surface area contributed by atoms with Gasteiger partial charge in [0.05, 0.1) is 5.56 Å². The first-order chi connectivity index (χ1) is 8.95. The molecule has 1 aromatic carbocycles. The Morgan fingerprint density at radius 1 is 1.11 bits per heavy atom. The molecule has 0 atom stereocenters. The van der Waals surface area contributed by atoms with Gasteiger partial charge in [0.15, 0.2) is 0 Å². The van der Waals surface area contributed by atoms with Gasteiger partial charge in [0.2, 0.25) is 0 Å². The van der Waals surface area contributed by atoms with Crippen LogP contribution in [0.5, 0.6) is 0 Å². The lowest BCUT2D eigenvalue weighted by molar-refractivity contribution is -0.137. The molecule has 0 aromatic heterocycles. The van der Waals surface area contributed by atoms with Crippen molar-refractivity contribution in [1.29, 1.82) is 0 Å². The molecule has 1 aromatic rings. The summed E-state index contributed by atoms with van der Waals surface area (Å²) < 4.78 is 38.5. The van der Waals surface area contributed by atoms with Crippen LogP contribution >= 0.6 is 15.9 Å². The summed E-state index contributed by atoms with van der Waals surface area (Å²) in [4.78, 5) is 0. The molecular weight excluding hydrogens is 319 g/mol. The molecule has 0 amide bonds. The molecule has 1 aliphatic rings. The second-order valence-electron chi connectivity index (χ2n) is 5.11. The third kappa shape index (κ3) is 4.41. The number of halogens is 4.